The van der Waals surface area contributed by atoms with Crippen LogP contribution in [0.15, 0.2) is 76.8 Å². The third kappa shape index (κ3) is 4.24. The Kier molecular flexibility index (Phi) is 5.65. The first-order valence-electron chi connectivity index (χ1n) is 10.3. The topological polar surface area (TPSA) is 89.8 Å². The maximum Gasteiger partial charge on any atom is 0.267 e. The SMILES string of the molecule is Cc1ccc(-n2c(SC(C)C(=O)Nc3nc4ccccc4s3)nc3ccccc3c2=O)nc1. The van der Waals surface area contributed by atoms with Crippen LogP contribution < -0.4 is 10.9 Å². The molecule has 9 heteroatoms. The maximum atomic E-state index is 13.3. The number of carbonyl (C=O) groups excluding carboxylic acids is 1. The van der Waals surface area contributed by atoms with Crippen LogP contribution in [0.2, 0.25) is 0 Å². The molecule has 0 aliphatic heterocycles. The van der Waals surface area contributed by atoms with Gasteiger partial charge in [-0.1, -0.05) is 53.4 Å². The van der Waals surface area contributed by atoms with Crippen LogP contribution in [-0.4, -0.2) is 30.7 Å². The number of anilines is 1. The second-order valence-electron chi connectivity index (χ2n) is 7.48. The molecule has 0 saturated carbocycles. The molecule has 1 N–H and O–H groups in total. The summed E-state index contributed by atoms with van der Waals surface area (Å²) in [5.74, 6) is 0.245. The van der Waals surface area contributed by atoms with Crippen LogP contribution in [0.25, 0.3) is 26.9 Å². The van der Waals surface area contributed by atoms with Crippen molar-refractivity contribution in [2.75, 3.05) is 5.32 Å². The average Bonchev–Trinajstić information content (AvgIpc) is 3.22. The number of nitrogens with zero attached hydrogens (tertiary/aromatic N) is 4. The molecule has 2 aromatic carbocycles. The van der Waals surface area contributed by atoms with Gasteiger partial charge in [-0.25, -0.2) is 19.5 Å². The molecule has 5 aromatic rings. The molecule has 0 saturated heterocycles. The van der Waals surface area contributed by atoms with E-state index in [4.69, 9.17) is 4.98 Å². The summed E-state index contributed by atoms with van der Waals surface area (Å²) < 4.78 is 2.47. The molecule has 1 atom stereocenters. The van der Waals surface area contributed by atoms with Crippen molar-refractivity contribution in [2.24, 2.45) is 0 Å². The first-order valence-corrected chi connectivity index (χ1v) is 12.0. The van der Waals surface area contributed by atoms with E-state index in [0.29, 0.717) is 27.0 Å². The van der Waals surface area contributed by atoms with Crippen molar-refractivity contribution in [3.05, 3.63) is 82.8 Å². The number of fused-ring (bicyclic) bond motifs is 2. The summed E-state index contributed by atoms with van der Waals surface area (Å²) in [5.41, 5.74) is 2.18. The second-order valence-corrected chi connectivity index (χ2v) is 9.82. The van der Waals surface area contributed by atoms with E-state index in [1.807, 2.05) is 43.3 Å². The normalized spacial score (nSPS) is 12.2. The Bertz CT molecular complexity index is 1510. The number of thioether (sulfide) groups is 1. The fourth-order valence-electron chi connectivity index (χ4n) is 3.33. The fraction of sp³-hybridized carbons (Fsp3) is 0.125. The van der Waals surface area contributed by atoms with E-state index in [-0.39, 0.29) is 11.5 Å². The van der Waals surface area contributed by atoms with Crippen LogP contribution >= 0.6 is 23.1 Å². The lowest BCUT2D eigenvalue weighted by Gasteiger charge is -2.15. The summed E-state index contributed by atoms with van der Waals surface area (Å²) in [5, 5.41) is 3.80. The second kappa shape index (κ2) is 8.76. The van der Waals surface area contributed by atoms with Crippen LogP contribution in [0.5, 0.6) is 0 Å². The number of pyridine rings is 1. The lowest BCUT2D eigenvalue weighted by molar-refractivity contribution is -0.115. The standard InChI is InChI=1S/C24H19N5O2S2/c1-14-11-12-20(25-13-14)29-22(31)16-7-3-4-8-17(16)27-24(29)32-15(2)21(30)28-23-26-18-9-5-6-10-19(18)33-23/h3-13,15H,1-2H3,(H,26,28,30). The number of aryl methyl sites for hydroxylation is 1. The highest BCUT2D eigenvalue weighted by Gasteiger charge is 2.21. The Morgan fingerprint density at radius 2 is 1.79 bits per heavy atom. The molecule has 5 rings (SSSR count). The number of nitrogens with one attached hydrogen (secondary N) is 1. The van der Waals surface area contributed by atoms with Gasteiger partial charge >= 0.3 is 0 Å². The van der Waals surface area contributed by atoms with Crippen molar-refractivity contribution in [2.45, 2.75) is 24.3 Å². The molecule has 3 heterocycles. The van der Waals surface area contributed by atoms with Crippen molar-refractivity contribution >= 4 is 55.3 Å². The van der Waals surface area contributed by atoms with Crippen molar-refractivity contribution in [1.29, 1.82) is 0 Å². The number of hydrogen-bond acceptors (Lipinski definition) is 7. The Labute approximate surface area is 197 Å². The first kappa shape index (κ1) is 21.3. The van der Waals surface area contributed by atoms with Crippen LogP contribution in [0.1, 0.15) is 12.5 Å². The molecule has 7 nitrogen and oxygen atoms in total. The molecule has 0 aliphatic carbocycles. The number of amides is 1. The molecule has 33 heavy (non-hydrogen) atoms. The number of rotatable bonds is 5. The third-order valence-corrected chi connectivity index (χ3v) is 7.05. The minimum atomic E-state index is -0.526. The Morgan fingerprint density at radius 1 is 1.03 bits per heavy atom. The van der Waals surface area contributed by atoms with Gasteiger partial charge < -0.3 is 5.32 Å². The molecule has 164 valence electrons. The zero-order chi connectivity index (χ0) is 22.9. The minimum absolute atomic E-state index is 0.218. The van der Waals surface area contributed by atoms with Crippen molar-refractivity contribution in [3.8, 4) is 5.82 Å². The van der Waals surface area contributed by atoms with E-state index in [9.17, 15) is 9.59 Å². The monoisotopic (exact) mass is 473 g/mol. The predicted molar refractivity (Wildman–Crippen MR) is 133 cm³/mol. The third-order valence-electron chi connectivity index (χ3n) is 5.05. The van der Waals surface area contributed by atoms with Gasteiger partial charge in [0.1, 0.15) is 5.82 Å². The van der Waals surface area contributed by atoms with E-state index < -0.39 is 5.25 Å². The summed E-state index contributed by atoms with van der Waals surface area (Å²) in [7, 11) is 0. The molecule has 0 fully saturated rings. The molecule has 0 spiro atoms. The number of benzene rings is 2. The summed E-state index contributed by atoms with van der Waals surface area (Å²) in [6, 6.07) is 18.6. The molecular weight excluding hydrogens is 454 g/mol. The van der Waals surface area contributed by atoms with Crippen molar-refractivity contribution in [3.63, 3.8) is 0 Å². The number of hydrogen-bond donors (Lipinski definition) is 1. The highest BCUT2D eigenvalue weighted by Crippen LogP contribution is 2.28. The largest absolute Gasteiger partial charge is 0.301 e. The van der Waals surface area contributed by atoms with Gasteiger partial charge in [0.25, 0.3) is 5.56 Å². The molecule has 0 bridgehead atoms. The lowest BCUT2D eigenvalue weighted by Crippen LogP contribution is -2.26. The number of carbonyl (C=O) groups is 1. The van der Waals surface area contributed by atoms with Crippen LogP contribution in [0.3, 0.4) is 0 Å². The lowest BCUT2D eigenvalue weighted by atomic mass is 10.2. The number of aromatic nitrogens is 4. The van der Waals surface area contributed by atoms with Crippen molar-refractivity contribution < 1.29 is 4.79 Å². The average molecular weight is 474 g/mol. The van der Waals surface area contributed by atoms with Gasteiger partial charge in [0, 0.05) is 6.20 Å². The van der Waals surface area contributed by atoms with E-state index >= 15 is 0 Å². The summed E-state index contributed by atoms with van der Waals surface area (Å²) in [6.45, 7) is 3.71. The Balaban J connectivity index is 1.49. The molecular formula is C24H19N5O2S2. The summed E-state index contributed by atoms with van der Waals surface area (Å²) >= 11 is 2.63. The maximum absolute atomic E-state index is 13.3. The fourth-order valence-corrected chi connectivity index (χ4v) is 5.11. The molecule has 1 amide bonds. The van der Waals surface area contributed by atoms with Gasteiger partial charge in [0.05, 0.1) is 26.4 Å². The molecule has 0 aliphatic rings. The summed E-state index contributed by atoms with van der Waals surface area (Å²) in [6.07, 6.45) is 1.70. The van der Waals surface area contributed by atoms with E-state index in [0.717, 1.165) is 15.8 Å². The van der Waals surface area contributed by atoms with Crippen LogP contribution in [0.4, 0.5) is 5.13 Å². The molecule has 3 aromatic heterocycles. The first-order chi connectivity index (χ1) is 16.0. The van der Waals surface area contributed by atoms with Gasteiger partial charge in [0.2, 0.25) is 5.91 Å². The number of para-hydroxylation sites is 2. The Morgan fingerprint density at radius 3 is 2.55 bits per heavy atom. The van der Waals surface area contributed by atoms with Crippen LogP contribution in [0, 0.1) is 6.92 Å². The highest BCUT2D eigenvalue weighted by atomic mass is 32.2. The quantitative estimate of drug-likeness (QED) is 0.291. The Hall–Kier alpha value is -3.56. The smallest absolute Gasteiger partial charge is 0.267 e. The van der Waals surface area contributed by atoms with Gasteiger partial charge in [0.15, 0.2) is 10.3 Å². The van der Waals surface area contributed by atoms with Gasteiger partial charge in [-0.05, 0) is 49.7 Å². The van der Waals surface area contributed by atoms with E-state index in [1.54, 1.807) is 37.4 Å². The molecule has 1 unspecified atom stereocenters. The zero-order valence-corrected chi connectivity index (χ0v) is 19.5. The summed E-state index contributed by atoms with van der Waals surface area (Å²) in [4.78, 5) is 39.9. The zero-order valence-electron chi connectivity index (χ0n) is 17.9. The van der Waals surface area contributed by atoms with Crippen LogP contribution in [-0.2, 0) is 4.79 Å². The predicted octanol–water partition coefficient (Wildman–Crippen LogP) is 4.82. The minimum Gasteiger partial charge on any atom is -0.301 e. The molecule has 0 radical (unpaired) electrons. The van der Waals surface area contributed by atoms with Gasteiger partial charge in [-0.15, -0.1) is 0 Å². The van der Waals surface area contributed by atoms with Gasteiger partial charge in [-0.3, -0.25) is 9.59 Å². The van der Waals surface area contributed by atoms with E-state index in [2.05, 4.69) is 15.3 Å². The van der Waals surface area contributed by atoms with Gasteiger partial charge in [-0.2, -0.15) is 0 Å². The highest BCUT2D eigenvalue weighted by molar-refractivity contribution is 8.00. The van der Waals surface area contributed by atoms with Crippen molar-refractivity contribution in [1.82, 2.24) is 19.5 Å². The number of thiazole rings is 1. The van der Waals surface area contributed by atoms with E-state index in [1.165, 1.54) is 27.7 Å².